The number of hydrogen-bond donors (Lipinski definition) is 1. The van der Waals surface area contributed by atoms with Crippen molar-refractivity contribution in [2.75, 3.05) is 0 Å². The minimum atomic E-state index is -4.36. The molecule has 5 heteroatoms. The lowest BCUT2D eigenvalue weighted by Gasteiger charge is -2.12. The smallest absolute Gasteiger partial charge is 0.370 e. The highest BCUT2D eigenvalue weighted by Gasteiger charge is 2.30. The molecule has 1 amide bonds. The van der Waals surface area contributed by atoms with Gasteiger partial charge in [-0.05, 0) is 17.5 Å². The van der Waals surface area contributed by atoms with E-state index in [1.54, 1.807) is 13.0 Å². The van der Waals surface area contributed by atoms with Gasteiger partial charge in [0.25, 0.3) is 0 Å². The van der Waals surface area contributed by atoms with Crippen LogP contribution in [-0.4, -0.2) is 5.91 Å². The van der Waals surface area contributed by atoms with Crippen LogP contribution in [0.2, 0.25) is 0 Å². The Labute approximate surface area is 91.3 Å². The molecule has 1 unspecified atom stereocenters. The molecule has 0 aliphatic heterocycles. The molecule has 1 aromatic rings. The summed E-state index contributed by atoms with van der Waals surface area (Å²) in [6.07, 6.45) is -4.32. The number of alkyl halides is 3. The van der Waals surface area contributed by atoms with Crippen molar-refractivity contribution in [3.05, 3.63) is 35.4 Å². The summed E-state index contributed by atoms with van der Waals surface area (Å²) in [5.41, 5.74) is 4.75. The van der Waals surface area contributed by atoms with Crippen LogP contribution in [0.3, 0.4) is 0 Å². The number of hydrogen-bond acceptors (Lipinski definition) is 1. The van der Waals surface area contributed by atoms with Gasteiger partial charge in [-0.15, -0.1) is 0 Å². The van der Waals surface area contributed by atoms with Crippen LogP contribution in [0.5, 0.6) is 0 Å². The van der Waals surface area contributed by atoms with Gasteiger partial charge in [0.05, 0.1) is 5.56 Å². The molecule has 16 heavy (non-hydrogen) atoms. The highest BCUT2D eigenvalue weighted by Crippen LogP contribution is 2.31. The third kappa shape index (κ3) is 3.25. The van der Waals surface area contributed by atoms with Crippen molar-refractivity contribution in [1.82, 2.24) is 0 Å². The summed E-state index contributed by atoms with van der Waals surface area (Å²) >= 11 is 0. The summed E-state index contributed by atoms with van der Waals surface area (Å²) < 4.78 is 37.2. The molecule has 0 aliphatic carbocycles. The molecule has 1 aromatic carbocycles. The zero-order valence-electron chi connectivity index (χ0n) is 8.71. The van der Waals surface area contributed by atoms with Gasteiger partial charge in [0.2, 0.25) is 5.91 Å². The molecule has 0 saturated carbocycles. The average molecular weight is 231 g/mol. The van der Waals surface area contributed by atoms with E-state index in [2.05, 4.69) is 0 Å². The summed E-state index contributed by atoms with van der Waals surface area (Å²) in [7, 11) is 0. The molecule has 0 aliphatic rings. The summed E-state index contributed by atoms with van der Waals surface area (Å²) in [5, 5.41) is 0. The molecule has 0 bridgehead atoms. The molecular weight excluding hydrogens is 219 g/mol. The van der Waals surface area contributed by atoms with E-state index in [4.69, 9.17) is 5.73 Å². The predicted molar refractivity (Wildman–Crippen MR) is 53.7 cm³/mol. The fourth-order valence-electron chi connectivity index (χ4n) is 1.44. The molecule has 88 valence electrons. The van der Waals surface area contributed by atoms with Crippen molar-refractivity contribution >= 4 is 5.91 Å². The van der Waals surface area contributed by atoms with E-state index in [0.717, 1.165) is 12.1 Å². The second-order valence-electron chi connectivity index (χ2n) is 3.69. The van der Waals surface area contributed by atoms with Crippen LogP contribution < -0.4 is 5.73 Å². The number of amides is 1. The maximum Gasteiger partial charge on any atom is 0.416 e. The fourth-order valence-corrected chi connectivity index (χ4v) is 1.44. The second kappa shape index (κ2) is 4.55. The number of benzene rings is 1. The quantitative estimate of drug-likeness (QED) is 0.853. The van der Waals surface area contributed by atoms with Crippen LogP contribution in [0.15, 0.2) is 24.3 Å². The van der Waals surface area contributed by atoms with Gasteiger partial charge in [-0.2, -0.15) is 13.2 Å². The van der Waals surface area contributed by atoms with E-state index >= 15 is 0 Å². The van der Waals surface area contributed by atoms with E-state index in [0.29, 0.717) is 5.56 Å². The Morgan fingerprint density at radius 3 is 2.56 bits per heavy atom. The van der Waals surface area contributed by atoms with Crippen LogP contribution >= 0.6 is 0 Å². The lowest BCUT2D eigenvalue weighted by atomic mass is 9.96. The molecule has 0 fully saturated rings. The largest absolute Gasteiger partial charge is 0.416 e. The van der Waals surface area contributed by atoms with Crippen molar-refractivity contribution in [1.29, 1.82) is 0 Å². The Morgan fingerprint density at radius 2 is 2.06 bits per heavy atom. The normalized spacial score (nSPS) is 13.5. The van der Waals surface area contributed by atoms with Crippen LogP contribution in [0, 0.1) is 0 Å². The highest BCUT2D eigenvalue weighted by atomic mass is 19.4. The predicted octanol–water partition coefficient (Wildman–Crippen LogP) is 2.68. The summed E-state index contributed by atoms with van der Waals surface area (Å²) in [5.74, 6) is -0.829. The second-order valence-corrected chi connectivity index (χ2v) is 3.69. The number of primary amides is 1. The van der Waals surface area contributed by atoms with Gasteiger partial charge >= 0.3 is 6.18 Å². The van der Waals surface area contributed by atoms with Gasteiger partial charge < -0.3 is 5.73 Å². The van der Waals surface area contributed by atoms with Gasteiger partial charge in [-0.25, -0.2) is 0 Å². The molecule has 0 radical (unpaired) electrons. The van der Waals surface area contributed by atoms with Gasteiger partial charge in [0.1, 0.15) is 0 Å². The maximum atomic E-state index is 12.4. The molecular formula is C11H12F3NO. The SMILES string of the molecule is CC(CC(N)=O)c1cccc(C(F)(F)F)c1. The van der Waals surface area contributed by atoms with Gasteiger partial charge in [-0.3, -0.25) is 4.79 Å². The first-order valence-corrected chi connectivity index (χ1v) is 4.76. The number of carbonyl (C=O) groups is 1. The summed E-state index contributed by atoms with van der Waals surface area (Å²) in [4.78, 5) is 10.7. The molecule has 2 N–H and O–H groups in total. The average Bonchev–Trinajstić information content (AvgIpc) is 2.15. The molecule has 0 saturated heterocycles. The van der Waals surface area contributed by atoms with Crippen LogP contribution in [-0.2, 0) is 11.0 Å². The van der Waals surface area contributed by atoms with Crippen LogP contribution in [0.25, 0.3) is 0 Å². The Balaban J connectivity index is 2.94. The standard InChI is InChI=1S/C11H12F3NO/c1-7(5-10(15)16)8-3-2-4-9(6-8)11(12,13)14/h2-4,6-7H,5H2,1H3,(H2,15,16). The lowest BCUT2D eigenvalue weighted by molar-refractivity contribution is -0.137. The van der Waals surface area contributed by atoms with Crippen molar-refractivity contribution in [2.24, 2.45) is 5.73 Å². The van der Waals surface area contributed by atoms with E-state index in [1.807, 2.05) is 0 Å². The van der Waals surface area contributed by atoms with E-state index in [9.17, 15) is 18.0 Å². The number of halogens is 3. The van der Waals surface area contributed by atoms with Crippen LogP contribution in [0.1, 0.15) is 30.4 Å². The van der Waals surface area contributed by atoms with E-state index in [1.165, 1.54) is 6.07 Å². The maximum absolute atomic E-state index is 12.4. The Bertz CT molecular complexity index is 387. The third-order valence-corrected chi connectivity index (χ3v) is 2.29. The number of nitrogens with two attached hydrogens (primary N) is 1. The molecule has 1 rings (SSSR count). The Hall–Kier alpha value is -1.52. The van der Waals surface area contributed by atoms with E-state index < -0.39 is 17.6 Å². The third-order valence-electron chi connectivity index (χ3n) is 2.29. The molecule has 0 heterocycles. The van der Waals surface area contributed by atoms with Gasteiger partial charge in [0, 0.05) is 6.42 Å². The minimum Gasteiger partial charge on any atom is -0.370 e. The number of rotatable bonds is 3. The van der Waals surface area contributed by atoms with Gasteiger partial charge in [0.15, 0.2) is 0 Å². The van der Waals surface area contributed by atoms with Gasteiger partial charge in [-0.1, -0.05) is 25.1 Å². The monoisotopic (exact) mass is 231 g/mol. The Morgan fingerprint density at radius 1 is 1.44 bits per heavy atom. The molecule has 0 spiro atoms. The molecule has 0 aromatic heterocycles. The highest BCUT2D eigenvalue weighted by molar-refractivity contribution is 5.74. The zero-order chi connectivity index (χ0) is 12.3. The molecule has 2 nitrogen and oxygen atoms in total. The number of carbonyl (C=O) groups excluding carboxylic acids is 1. The fraction of sp³-hybridized carbons (Fsp3) is 0.364. The lowest BCUT2D eigenvalue weighted by Crippen LogP contribution is -2.14. The Kier molecular flexibility index (Phi) is 3.57. The topological polar surface area (TPSA) is 43.1 Å². The van der Waals surface area contributed by atoms with Crippen LogP contribution in [0.4, 0.5) is 13.2 Å². The molecule has 1 atom stereocenters. The minimum absolute atomic E-state index is 0.0430. The first kappa shape index (κ1) is 12.5. The zero-order valence-corrected chi connectivity index (χ0v) is 8.71. The summed E-state index contributed by atoms with van der Waals surface area (Å²) in [6, 6.07) is 4.94. The first-order valence-electron chi connectivity index (χ1n) is 4.76. The van der Waals surface area contributed by atoms with Crippen molar-refractivity contribution in [3.8, 4) is 0 Å². The van der Waals surface area contributed by atoms with Crippen molar-refractivity contribution in [2.45, 2.75) is 25.4 Å². The first-order chi connectivity index (χ1) is 7.30. The van der Waals surface area contributed by atoms with Crippen molar-refractivity contribution < 1.29 is 18.0 Å². The summed E-state index contributed by atoms with van der Waals surface area (Å²) in [6.45, 7) is 1.67. The van der Waals surface area contributed by atoms with E-state index in [-0.39, 0.29) is 12.3 Å². The van der Waals surface area contributed by atoms with Crippen molar-refractivity contribution in [3.63, 3.8) is 0 Å².